The molecule has 2 saturated heterocycles. The van der Waals surface area contributed by atoms with Crippen molar-refractivity contribution in [1.29, 1.82) is 0 Å². The van der Waals surface area contributed by atoms with Crippen LogP contribution in [0.15, 0.2) is 30.3 Å². The number of likely N-dealkylation sites (tertiary alicyclic amines) is 1. The van der Waals surface area contributed by atoms with E-state index in [0.717, 1.165) is 32.2 Å². The molecule has 2 atom stereocenters. The van der Waals surface area contributed by atoms with Gasteiger partial charge in [-0.05, 0) is 31.2 Å². The molecule has 0 bridgehead atoms. The molecule has 4 heteroatoms. The van der Waals surface area contributed by atoms with Gasteiger partial charge in [0.2, 0.25) is 5.91 Å². The molecular weight excluding hydrogens is 278 g/mol. The van der Waals surface area contributed by atoms with Crippen LogP contribution in [0.2, 0.25) is 0 Å². The molecule has 0 unspecified atom stereocenters. The number of carbonyl (C=O) groups excluding carboxylic acids is 1. The number of carbonyl (C=O) groups is 1. The highest BCUT2D eigenvalue weighted by Crippen LogP contribution is 2.28. The molecule has 0 radical (unpaired) electrons. The van der Waals surface area contributed by atoms with E-state index < -0.39 is 0 Å². The van der Waals surface area contributed by atoms with Gasteiger partial charge in [0.25, 0.3) is 0 Å². The number of nitrogens with zero attached hydrogens (tertiary/aromatic N) is 1. The fraction of sp³-hybridized carbons (Fsp3) is 0.611. The van der Waals surface area contributed by atoms with E-state index in [1.54, 1.807) is 7.11 Å². The highest BCUT2D eigenvalue weighted by molar-refractivity contribution is 5.79. The number of amides is 1. The van der Waals surface area contributed by atoms with Gasteiger partial charge >= 0.3 is 0 Å². The van der Waals surface area contributed by atoms with E-state index in [4.69, 9.17) is 9.47 Å². The molecular formula is C18H25NO3. The molecule has 2 heterocycles. The summed E-state index contributed by atoms with van der Waals surface area (Å²) in [6.07, 6.45) is 3.65. The van der Waals surface area contributed by atoms with Crippen molar-refractivity contribution >= 4 is 5.91 Å². The van der Waals surface area contributed by atoms with Gasteiger partial charge in [-0.15, -0.1) is 0 Å². The molecule has 3 rings (SSSR count). The minimum absolute atomic E-state index is 0.127. The minimum Gasteiger partial charge on any atom is -0.381 e. The van der Waals surface area contributed by atoms with E-state index in [1.165, 1.54) is 5.56 Å². The zero-order chi connectivity index (χ0) is 15.4. The van der Waals surface area contributed by atoms with Crippen LogP contribution in [0.5, 0.6) is 0 Å². The molecule has 0 spiro atoms. The highest BCUT2D eigenvalue weighted by Gasteiger charge is 2.39. The fourth-order valence-corrected chi connectivity index (χ4v) is 3.65. The molecule has 2 fully saturated rings. The fourth-order valence-electron chi connectivity index (χ4n) is 3.65. The smallest absolute Gasteiger partial charge is 0.226 e. The molecule has 0 N–H and O–H groups in total. The lowest BCUT2D eigenvalue weighted by Crippen LogP contribution is -2.45. The number of hydrogen-bond acceptors (Lipinski definition) is 3. The molecule has 4 nitrogen and oxygen atoms in total. The quantitative estimate of drug-likeness (QED) is 0.856. The van der Waals surface area contributed by atoms with Crippen molar-refractivity contribution in [3.8, 4) is 0 Å². The average Bonchev–Trinajstić information content (AvgIpc) is 2.98. The van der Waals surface area contributed by atoms with Crippen molar-refractivity contribution in [2.45, 2.75) is 37.8 Å². The van der Waals surface area contributed by atoms with Gasteiger partial charge in [-0.25, -0.2) is 0 Å². The predicted molar refractivity (Wildman–Crippen MR) is 84.6 cm³/mol. The molecule has 0 saturated carbocycles. The van der Waals surface area contributed by atoms with E-state index in [9.17, 15) is 4.79 Å². The second kappa shape index (κ2) is 7.25. The van der Waals surface area contributed by atoms with E-state index in [1.807, 2.05) is 6.07 Å². The lowest BCUT2D eigenvalue weighted by molar-refractivity contribution is -0.140. The number of ether oxygens (including phenoxy) is 2. The van der Waals surface area contributed by atoms with Gasteiger partial charge in [0.15, 0.2) is 0 Å². The molecule has 2 aliphatic heterocycles. The Hall–Kier alpha value is -1.39. The van der Waals surface area contributed by atoms with Crippen LogP contribution >= 0.6 is 0 Å². The first-order valence-corrected chi connectivity index (χ1v) is 8.24. The molecule has 0 aromatic heterocycles. The van der Waals surface area contributed by atoms with Crippen LogP contribution in [0.25, 0.3) is 0 Å². The molecule has 2 aliphatic rings. The lowest BCUT2D eigenvalue weighted by atomic mass is 9.96. The van der Waals surface area contributed by atoms with Crippen LogP contribution < -0.4 is 0 Å². The number of hydrogen-bond donors (Lipinski definition) is 0. The molecule has 120 valence electrons. The molecule has 0 aliphatic carbocycles. The van der Waals surface area contributed by atoms with Gasteiger partial charge in [0.1, 0.15) is 0 Å². The van der Waals surface area contributed by atoms with Crippen molar-refractivity contribution < 1.29 is 14.3 Å². The summed E-state index contributed by atoms with van der Waals surface area (Å²) in [6, 6.07) is 10.5. The Morgan fingerprint density at radius 2 is 1.95 bits per heavy atom. The second-order valence-corrected chi connectivity index (χ2v) is 6.24. The van der Waals surface area contributed by atoms with Crippen molar-refractivity contribution in [3.05, 3.63) is 35.9 Å². The van der Waals surface area contributed by atoms with E-state index in [0.29, 0.717) is 19.1 Å². The Kier molecular flexibility index (Phi) is 5.11. The van der Waals surface area contributed by atoms with Gasteiger partial charge in [-0.1, -0.05) is 30.3 Å². The second-order valence-electron chi connectivity index (χ2n) is 6.24. The van der Waals surface area contributed by atoms with Gasteiger partial charge in [-0.3, -0.25) is 4.79 Å². The molecule has 1 aromatic rings. The van der Waals surface area contributed by atoms with E-state index in [2.05, 4.69) is 29.2 Å². The molecule has 1 amide bonds. The Bertz CT molecular complexity index is 484. The van der Waals surface area contributed by atoms with Gasteiger partial charge in [-0.2, -0.15) is 0 Å². The first kappa shape index (κ1) is 15.5. The average molecular weight is 303 g/mol. The van der Waals surface area contributed by atoms with Gasteiger partial charge in [0.05, 0.1) is 12.1 Å². The van der Waals surface area contributed by atoms with Crippen molar-refractivity contribution in [2.75, 3.05) is 26.9 Å². The van der Waals surface area contributed by atoms with Crippen molar-refractivity contribution in [2.24, 2.45) is 5.92 Å². The number of methoxy groups -OCH3 is 1. The largest absolute Gasteiger partial charge is 0.381 e. The third-order valence-corrected chi connectivity index (χ3v) is 4.93. The standard InChI is InChI=1S/C18H25NO3/c1-21-17-7-10-19(18(20)15-8-11-22-12-9-15)16(17)13-14-5-3-2-4-6-14/h2-6,15-17H,7-13H2,1H3/t16-,17+/m0/s1. The predicted octanol–water partition coefficient (Wildman–Crippen LogP) is 2.27. The van der Waals surface area contributed by atoms with Crippen molar-refractivity contribution in [3.63, 3.8) is 0 Å². The van der Waals surface area contributed by atoms with Crippen LogP contribution in [0, 0.1) is 5.92 Å². The summed E-state index contributed by atoms with van der Waals surface area (Å²) < 4.78 is 11.0. The highest BCUT2D eigenvalue weighted by atomic mass is 16.5. The Labute approximate surface area is 132 Å². The number of benzene rings is 1. The first-order valence-electron chi connectivity index (χ1n) is 8.24. The maximum Gasteiger partial charge on any atom is 0.226 e. The van der Waals surface area contributed by atoms with Crippen LogP contribution in [0.4, 0.5) is 0 Å². The van der Waals surface area contributed by atoms with Gasteiger partial charge < -0.3 is 14.4 Å². The Morgan fingerprint density at radius 3 is 2.64 bits per heavy atom. The van der Waals surface area contributed by atoms with Crippen molar-refractivity contribution in [1.82, 2.24) is 4.90 Å². The van der Waals surface area contributed by atoms with Crippen LogP contribution in [0.1, 0.15) is 24.8 Å². The summed E-state index contributed by atoms with van der Waals surface area (Å²) in [5.74, 6) is 0.423. The third-order valence-electron chi connectivity index (χ3n) is 4.93. The zero-order valence-electron chi connectivity index (χ0n) is 13.2. The molecule has 22 heavy (non-hydrogen) atoms. The molecule has 1 aromatic carbocycles. The minimum atomic E-state index is 0.127. The Balaban J connectivity index is 1.72. The summed E-state index contributed by atoms with van der Waals surface area (Å²) >= 11 is 0. The summed E-state index contributed by atoms with van der Waals surface area (Å²) in [5.41, 5.74) is 1.27. The summed E-state index contributed by atoms with van der Waals surface area (Å²) in [4.78, 5) is 14.9. The van der Waals surface area contributed by atoms with Crippen LogP contribution in [-0.2, 0) is 20.7 Å². The SMILES string of the molecule is CO[C@@H]1CCN(C(=O)C2CCOCC2)[C@H]1Cc1ccccc1. The summed E-state index contributed by atoms with van der Waals surface area (Å²) in [5, 5.41) is 0. The third kappa shape index (κ3) is 3.33. The van der Waals surface area contributed by atoms with E-state index in [-0.39, 0.29) is 18.1 Å². The number of rotatable bonds is 4. The first-order chi connectivity index (χ1) is 10.8. The zero-order valence-corrected chi connectivity index (χ0v) is 13.2. The lowest BCUT2D eigenvalue weighted by Gasteiger charge is -2.32. The maximum absolute atomic E-state index is 12.9. The van der Waals surface area contributed by atoms with Crippen LogP contribution in [-0.4, -0.2) is 49.8 Å². The monoisotopic (exact) mass is 303 g/mol. The Morgan fingerprint density at radius 1 is 1.23 bits per heavy atom. The maximum atomic E-state index is 12.9. The van der Waals surface area contributed by atoms with E-state index >= 15 is 0 Å². The topological polar surface area (TPSA) is 38.8 Å². The normalized spacial score (nSPS) is 26.3. The van der Waals surface area contributed by atoms with Crippen LogP contribution in [0.3, 0.4) is 0 Å². The summed E-state index contributed by atoms with van der Waals surface area (Å²) in [6.45, 7) is 2.23. The summed E-state index contributed by atoms with van der Waals surface area (Å²) in [7, 11) is 1.76. The van der Waals surface area contributed by atoms with Gasteiger partial charge in [0, 0.05) is 32.8 Å².